The molecule has 1 aromatic heterocycles. The number of benzene rings is 2. The van der Waals surface area contributed by atoms with Crippen LogP contribution in [0.1, 0.15) is 5.56 Å². The molecule has 2 aromatic carbocycles. The number of hydrogen-bond acceptors (Lipinski definition) is 5. The van der Waals surface area contributed by atoms with Crippen molar-refractivity contribution in [3.63, 3.8) is 0 Å². The summed E-state index contributed by atoms with van der Waals surface area (Å²) in [7, 11) is 3.53. The fraction of sp³-hybridized carbons (Fsp3) is 0.222. The topological polar surface area (TPSA) is 49.2 Å². The molecule has 0 aliphatic carbocycles. The first-order valence-electron chi connectivity index (χ1n) is 7.77. The fourth-order valence-electron chi connectivity index (χ4n) is 2.35. The zero-order chi connectivity index (χ0) is 18.5. The molecule has 0 saturated carbocycles. The van der Waals surface area contributed by atoms with Crippen LogP contribution < -0.4 is 9.47 Å². The maximum Gasteiger partial charge on any atom is 0.387 e. The highest BCUT2D eigenvalue weighted by Crippen LogP contribution is 2.27. The van der Waals surface area contributed by atoms with E-state index >= 15 is 0 Å². The smallest absolute Gasteiger partial charge is 0.387 e. The summed E-state index contributed by atoms with van der Waals surface area (Å²) in [6.45, 7) is -2.81. The zero-order valence-electron chi connectivity index (χ0n) is 14.2. The Morgan fingerprint density at radius 2 is 1.65 bits per heavy atom. The summed E-state index contributed by atoms with van der Waals surface area (Å²) in [6, 6.07) is 14.2. The van der Waals surface area contributed by atoms with Gasteiger partial charge in [-0.05, 0) is 42.0 Å². The molecule has 26 heavy (non-hydrogen) atoms. The van der Waals surface area contributed by atoms with Gasteiger partial charge in [0.1, 0.15) is 11.5 Å². The number of hydrogen-bond donors (Lipinski definition) is 0. The van der Waals surface area contributed by atoms with Crippen LogP contribution in [0.5, 0.6) is 11.5 Å². The third kappa shape index (κ3) is 4.32. The van der Waals surface area contributed by atoms with Crippen LogP contribution >= 0.6 is 11.8 Å². The number of halogens is 2. The van der Waals surface area contributed by atoms with Crippen LogP contribution in [0, 0.1) is 0 Å². The van der Waals surface area contributed by atoms with Crippen molar-refractivity contribution in [1.29, 1.82) is 0 Å². The summed E-state index contributed by atoms with van der Waals surface area (Å²) < 4.78 is 35.8. The average molecular weight is 377 g/mol. The van der Waals surface area contributed by atoms with Gasteiger partial charge in [-0.3, -0.25) is 0 Å². The Labute approximate surface area is 154 Å². The van der Waals surface area contributed by atoms with Crippen LogP contribution in [0.25, 0.3) is 11.4 Å². The average Bonchev–Trinajstić information content (AvgIpc) is 3.01. The highest BCUT2D eigenvalue weighted by atomic mass is 32.2. The highest BCUT2D eigenvalue weighted by Gasteiger charge is 2.12. The van der Waals surface area contributed by atoms with Crippen LogP contribution in [0.15, 0.2) is 53.7 Å². The second kappa shape index (κ2) is 8.18. The molecule has 0 radical (unpaired) electrons. The lowest BCUT2D eigenvalue weighted by molar-refractivity contribution is -0.0498. The number of ether oxygens (including phenoxy) is 2. The third-order valence-electron chi connectivity index (χ3n) is 3.70. The SMILES string of the molecule is COc1ccc(-c2nnc(SCc3ccc(OC(F)F)cc3)n2C)cc1. The molecule has 3 aromatic rings. The lowest BCUT2D eigenvalue weighted by Gasteiger charge is -2.06. The summed E-state index contributed by atoms with van der Waals surface area (Å²) in [5, 5.41) is 9.24. The Morgan fingerprint density at radius 1 is 1.00 bits per heavy atom. The Hall–Kier alpha value is -2.61. The molecule has 136 valence electrons. The zero-order valence-corrected chi connectivity index (χ0v) is 15.0. The number of thioether (sulfide) groups is 1. The van der Waals surface area contributed by atoms with Crippen molar-refractivity contribution >= 4 is 11.8 Å². The molecule has 5 nitrogen and oxygen atoms in total. The summed E-state index contributed by atoms with van der Waals surface area (Å²) in [5.74, 6) is 2.33. The maximum atomic E-state index is 12.2. The Morgan fingerprint density at radius 3 is 2.27 bits per heavy atom. The summed E-state index contributed by atoms with van der Waals surface area (Å²) in [4.78, 5) is 0. The van der Waals surface area contributed by atoms with Crippen molar-refractivity contribution in [2.75, 3.05) is 7.11 Å². The normalized spacial score (nSPS) is 11.0. The minimum Gasteiger partial charge on any atom is -0.497 e. The minimum absolute atomic E-state index is 0.147. The van der Waals surface area contributed by atoms with Gasteiger partial charge in [0, 0.05) is 18.4 Å². The number of rotatable bonds is 7. The molecular weight excluding hydrogens is 360 g/mol. The van der Waals surface area contributed by atoms with E-state index in [-0.39, 0.29) is 5.75 Å². The first kappa shape index (κ1) is 18.2. The van der Waals surface area contributed by atoms with Gasteiger partial charge in [0.2, 0.25) is 0 Å². The second-order valence-corrected chi connectivity index (χ2v) is 6.35. The van der Waals surface area contributed by atoms with E-state index in [1.807, 2.05) is 35.9 Å². The quantitative estimate of drug-likeness (QED) is 0.572. The van der Waals surface area contributed by atoms with Crippen molar-refractivity contribution in [1.82, 2.24) is 14.8 Å². The van der Waals surface area contributed by atoms with Gasteiger partial charge in [0.25, 0.3) is 0 Å². The molecule has 8 heteroatoms. The summed E-state index contributed by atoms with van der Waals surface area (Å²) in [6.07, 6.45) is 0. The molecule has 0 unspecified atom stereocenters. The molecule has 0 saturated heterocycles. The predicted octanol–water partition coefficient (Wildman–Crippen LogP) is 4.38. The molecule has 0 amide bonds. The molecule has 0 atom stereocenters. The Balaban J connectivity index is 1.66. The van der Waals surface area contributed by atoms with Crippen LogP contribution in [0.4, 0.5) is 8.78 Å². The molecule has 0 fully saturated rings. The van der Waals surface area contributed by atoms with E-state index < -0.39 is 6.61 Å². The van der Waals surface area contributed by atoms with Crippen molar-refractivity contribution < 1.29 is 18.3 Å². The number of aromatic nitrogens is 3. The van der Waals surface area contributed by atoms with Gasteiger partial charge in [-0.25, -0.2) is 0 Å². The standard InChI is InChI=1S/C18H17F2N3O2S/c1-23-16(13-5-9-14(24-2)10-6-13)21-22-18(23)26-11-12-3-7-15(8-4-12)25-17(19)20/h3-10,17H,11H2,1-2H3. The van der Waals surface area contributed by atoms with Crippen LogP contribution in [-0.2, 0) is 12.8 Å². The van der Waals surface area contributed by atoms with Gasteiger partial charge in [0.05, 0.1) is 7.11 Å². The van der Waals surface area contributed by atoms with E-state index in [2.05, 4.69) is 14.9 Å². The van der Waals surface area contributed by atoms with Crippen LogP contribution in [0.3, 0.4) is 0 Å². The van der Waals surface area contributed by atoms with Gasteiger partial charge in [-0.15, -0.1) is 10.2 Å². The monoisotopic (exact) mass is 377 g/mol. The van der Waals surface area contributed by atoms with E-state index in [4.69, 9.17) is 4.74 Å². The molecule has 0 aliphatic heterocycles. The van der Waals surface area contributed by atoms with Gasteiger partial charge in [-0.2, -0.15) is 8.78 Å². The van der Waals surface area contributed by atoms with Crippen molar-refractivity contribution in [2.24, 2.45) is 7.05 Å². The minimum atomic E-state index is -2.81. The molecule has 0 aliphatic rings. The predicted molar refractivity (Wildman–Crippen MR) is 95.6 cm³/mol. The van der Waals surface area contributed by atoms with Gasteiger partial charge in [0.15, 0.2) is 11.0 Å². The van der Waals surface area contributed by atoms with Gasteiger partial charge in [-0.1, -0.05) is 23.9 Å². The van der Waals surface area contributed by atoms with Crippen molar-refractivity contribution in [3.05, 3.63) is 54.1 Å². The molecule has 0 spiro atoms. The van der Waals surface area contributed by atoms with Crippen LogP contribution in [-0.4, -0.2) is 28.5 Å². The number of alkyl halides is 2. The second-order valence-electron chi connectivity index (χ2n) is 5.40. The van der Waals surface area contributed by atoms with E-state index in [1.165, 1.54) is 23.9 Å². The molecular formula is C18H17F2N3O2S. The van der Waals surface area contributed by atoms with Crippen molar-refractivity contribution in [3.8, 4) is 22.9 Å². The largest absolute Gasteiger partial charge is 0.497 e. The number of methoxy groups -OCH3 is 1. The Bertz CT molecular complexity index is 852. The van der Waals surface area contributed by atoms with E-state index in [0.29, 0.717) is 5.75 Å². The first-order chi connectivity index (χ1) is 12.6. The number of nitrogens with zero attached hydrogens (tertiary/aromatic N) is 3. The lowest BCUT2D eigenvalue weighted by atomic mass is 10.2. The van der Waals surface area contributed by atoms with E-state index in [0.717, 1.165) is 27.9 Å². The van der Waals surface area contributed by atoms with E-state index in [9.17, 15) is 8.78 Å². The summed E-state index contributed by atoms with van der Waals surface area (Å²) >= 11 is 1.52. The van der Waals surface area contributed by atoms with Crippen molar-refractivity contribution in [2.45, 2.75) is 17.5 Å². The lowest BCUT2D eigenvalue weighted by Crippen LogP contribution is -2.01. The summed E-state index contributed by atoms with van der Waals surface area (Å²) in [5.41, 5.74) is 1.92. The highest BCUT2D eigenvalue weighted by molar-refractivity contribution is 7.98. The fourth-order valence-corrected chi connectivity index (χ4v) is 3.21. The molecule has 3 rings (SSSR count). The van der Waals surface area contributed by atoms with Crippen LogP contribution in [0.2, 0.25) is 0 Å². The van der Waals surface area contributed by atoms with E-state index in [1.54, 1.807) is 19.2 Å². The maximum absolute atomic E-state index is 12.2. The molecule has 0 bridgehead atoms. The third-order valence-corrected chi connectivity index (χ3v) is 4.79. The van der Waals surface area contributed by atoms with Gasteiger partial charge >= 0.3 is 6.61 Å². The Kier molecular flexibility index (Phi) is 5.72. The van der Waals surface area contributed by atoms with Gasteiger partial charge < -0.3 is 14.0 Å². The molecule has 0 N–H and O–H groups in total. The first-order valence-corrected chi connectivity index (χ1v) is 8.75. The molecule has 1 heterocycles.